The first-order valence-corrected chi connectivity index (χ1v) is 11.4. The van der Waals surface area contributed by atoms with Crippen LogP contribution in [-0.2, 0) is 16.8 Å². The largest absolute Gasteiger partial charge is 0.491 e. The van der Waals surface area contributed by atoms with Crippen molar-refractivity contribution < 1.29 is 13.2 Å². The molecule has 0 fully saturated rings. The Morgan fingerprint density at radius 1 is 1.25 bits per heavy atom. The van der Waals surface area contributed by atoms with Crippen molar-refractivity contribution in [2.75, 3.05) is 11.3 Å². The second kappa shape index (κ2) is 8.24. The second-order valence-corrected chi connectivity index (χ2v) is 9.54. The van der Waals surface area contributed by atoms with Crippen LogP contribution in [0.3, 0.4) is 0 Å². The van der Waals surface area contributed by atoms with Crippen molar-refractivity contribution in [3.05, 3.63) is 65.9 Å². The topological polar surface area (TPSA) is 137 Å². The Labute approximate surface area is 186 Å². The van der Waals surface area contributed by atoms with Gasteiger partial charge in [0.2, 0.25) is 0 Å². The number of nitrogens with two attached hydrogens (primary N) is 1. The van der Waals surface area contributed by atoms with Gasteiger partial charge in [0.1, 0.15) is 24.5 Å². The van der Waals surface area contributed by atoms with Gasteiger partial charge in [-0.1, -0.05) is 6.07 Å². The molecule has 0 unspecified atom stereocenters. The average Bonchev–Trinajstić information content (AvgIpc) is 3.16. The number of fused-ring (bicyclic) bond motifs is 1. The van der Waals surface area contributed by atoms with Gasteiger partial charge in [-0.3, -0.25) is 9.29 Å². The lowest BCUT2D eigenvalue weighted by molar-refractivity contribution is 0.207. The number of nitrogens with zero attached hydrogens (tertiary/aromatic N) is 4. The molecule has 3 aromatic rings. The van der Waals surface area contributed by atoms with Crippen LogP contribution in [0.1, 0.15) is 30.7 Å². The summed E-state index contributed by atoms with van der Waals surface area (Å²) in [6.45, 7) is 6.90. The van der Waals surface area contributed by atoms with Crippen LogP contribution in [0.5, 0.6) is 5.75 Å². The van der Waals surface area contributed by atoms with Gasteiger partial charge in [-0.05, 0) is 50.6 Å². The van der Waals surface area contributed by atoms with Crippen LogP contribution >= 0.6 is 0 Å². The van der Waals surface area contributed by atoms with E-state index in [9.17, 15) is 8.42 Å². The number of pyridine rings is 1. The van der Waals surface area contributed by atoms with Gasteiger partial charge in [0.25, 0.3) is 0 Å². The molecule has 0 radical (unpaired) electrons. The fourth-order valence-corrected chi connectivity index (χ4v) is 4.09. The van der Waals surface area contributed by atoms with Gasteiger partial charge >= 0.3 is 10.2 Å². The Morgan fingerprint density at radius 2 is 2.06 bits per heavy atom. The highest BCUT2D eigenvalue weighted by Crippen LogP contribution is 2.30. The normalized spacial score (nSPS) is 14.9. The van der Waals surface area contributed by atoms with Gasteiger partial charge in [0.15, 0.2) is 5.84 Å². The summed E-state index contributed by atoms with van der Waals surface area (Å²) in [5.74, 6) is 1.16. The zero-order valence-corrected chi connectivity index (χ0v) is 18.8. The molecule has 11 heteroatoms. The van der Waals surface area contributed by atoms with Crippen molar-refractivity contribution in [3.8, 4) is 11.6 Å². The number of imidazole rings is 1. The minimum atomic E-state index is -3.83. The maximum absolute atomic E-state index is 11.7. The summed E-state index contributed by atoms with van der Waals surface area (Å²) in [5, 5.41) is 3.48. The summed E-state index contributed by atoms with van der Waals surface area (Å²) >= 11 is 0. The monoisotopic (exact) mass is 455 g/mol. The van der Waals surface area contributed by atoms with Crippen molar-refractivity contribution in [3.63, 3.8) is 0 Å². The SMILES string of the molecule is Cc1cn(-c2cc(CNC(C)(C)COc3cccc4c3C(N)=NS(=O)(=O)N4)ccn2)cn1. The third kappa shape index (κ3) is 4.89. The van der Waals surface area contributed by atoms with Crippen molar-refractivity contribution in [2.45, 2.75) is 32.9 Å². The number of ether oxygens (including phenoxy) is 1. The highest BCUT2D eigenvalue weighted by Gasteiger charge is 2.26. The molecule has 1 aliphatic rings. The lowest BCUT2D eigenvalue weighted by atomic mass is 10.1. The summed E-state index contributed by atoms with van der Waals surface area (Å²) in [6, 6.07) is 9.01. The quantitative estimate of drug-likeness (QED) is 0.495. The van der Waals surface area contributed by atoms with E-state index in [2.05, 4.69) is 24.4 Å². The Morgan fingerprint density at radius 3 is 2.81 bits per heavy atom. The molecule has 0 bridgehead atoms. The van der Waals surface area contributed by atoms with Crippen LogP contribution < -0.4 is 20.5 Å². The van der Waals surface area contributed by atoms with Crippen LogP contribution in [0.15, 0.2) is 53.5 Å². The van der Waals surface area contributed by atoms with Gasteiger partial charge in [0, 0.05) is 24.5 Å². The Balaban J connectivity index is 1.42. The van der Waals surface area contributed by atoms with Crippen molar-refractivity contribution in [1.29, 1.82) is 0 Å². The first-order valence-electron chi connectivity index (χ1n) is 9.97. The second-order valence-electron chi connectivity index (χ2n) is 8.20. The average molecular weight is 456 g/mol. The standard InChI is InChI=1S/C21H25N7O3S/c1-14-11-28(13-24-14)18-9-15(7-8-23-18)10-25-21(2,3)12-31-17-6-4-5-16-19(17)20(22)27-32(29,30)26-16/h4-9,11,13,25-26H,10,12H2,1-3H3,(H2,22,27). The van der Waals surface area contributed by atoms with E-state index in [0.717, 1.165) is 17.1 Å². The summed E-state index contributed by atoms with van der Waals surface area (Å²) in [5.41, 5.74) is 8.27. The molecule has 3 heterocycles. The van der Waals surface area contributed by atoms with Gasteiger partial charge in [0.05, 0.1) is 16.9 Å². The molecule has 0 saturated carbocycles. The molecule has 1 aliphatic heterocycles. The zero-order chi connectivity index (χ0) is 22.9. The molecular formula is C21H25N7O3S. The molecule has 32 heavy (non-hydrogen) atoms. The van der Waals surface area contributed by atoms with E-state index in [1.807, 2.05) is 43.7 Å². The summed E-state index contributed by atoms with van der Waals surface area (Å²) in [4.78, 5) is 8.64. The van der Waals surface area contributed by atoms with Crippen molar-refractivity contribution in [2.24, 2.45) is 10.1 Å². The molecule has 0 amide bonds. The molecule has 168 valence electrons. The van der Waals surface area contributed by atoms with Crippen LogP contribution in [0.4, 0.5) is 5.69 Å². The van der Waals surface area contributed by atoms with E-state index >= 15 is 0 Å². The summed E-state index contributed by atoms with van der Waals surface area (Å²) in [7, 11) is -3.83. The molecule has 0 spiro atoms. The lowest BCUT2D eigenvalue weighted by Crippen LogP contribution is -2.44. The Kier molecular flexibility index (Phi) is 5.61. The van der Waals surface area contributed by atoms with Gasteiger partial charge in [-0.25, -0.2) is 9.97 Å². The predicted octanol–water partition coefficient (Wildman–Crippen LogP) is 1.90. The molecule has 4 N–H and O–H groups in total. The van der Waals surface area contributed by atoms with E-state index in [0.29, 0.717) is 30.2 Å². The van der Waals surface area contributed by atoms with Gasteiger partial charge < -0.3 is 15.8 Å². The summed E-state index contributed by atoms with van der Waals surface area (Å²) < 4.78 is 37.3. The molecular weight excluding hydrogens is 430 g/mol. The zero-order valence-electron chi connectivity index (χ0n) is 18.0. The fourth-order valence-electron chi connectivity index (χ4n) is 3.25. The van der Waals surface area contributed by atoms with E-state index in [-0.39, 0.29) is 5.84 Å². The first kappa shape index (κ1) is 21.8. The molecule has 2 aromatic heterocycles. The van der Waals surface area contributed by atoms with E-state index in [1.165, 1.54) is 0 Å². The van der Waals surface area contributed by atoms with Crippen LogP contribution in [0, 0.1) is 6.92 Å². The minimum absolute atomic E-state index is 0.0980. The number of aryl methyl sites for hydroxylation is 1. The molecule has 4 rings (SSSR count). The van der Waals surface area contributed by atoms with E-state index in [1.54, 1.807) is 30.7 Å². The third-order valence-electron chi connectivity index (χ3n) is 4.89. The lowest BCUT2D eigenvalue weighted by Gasteiger charge is -2.28. The first-order chi connectivity index (χ1) is 15.1. The molecule has 1 aromatic carbocycles. The highest BCUT2D eigenvalue weighted by atomic mass is 32.2. The smallest absolute Gasteiger partial charge is 0.344 e. The Bertz CT molecular complexity index is 1280. The number of nitrogens with one attached hydrogen (secondary N) is 2. The molecule has 10 nitrogen and oxygen atoms in total. The highest BCUT2D eigenvalue weighted by molar-refractivity contribution is 7.91. The fraction of sp³-hybridized carbons (Fsp3) is 0.286. The molecule has 0 atom stereocenters. The molecule has 0 aliphatic carbocycles. The number of hydrogen-bond acceptors (Lipinski definition) is 7. The predicted molar refractivity (Wildman–Crippen MR) is 122 cm³/mol. The Hall–Kier alpha value is -3.44. The number of rotatable bonds is 7. The molecule has 0 saturated heterocycles. The van der Waals surface area contributed by atoms with E-state index < -0.39 is 15.7 Å². The van der Waals surface area contributed by atoms with Crippen molar-refractivity contribution in [1.82, 2.24) is 19.9 Å². The number of hydrogen-bond donors (Lipinski definition) is 3. The number of benzene rings is 1. The van der Waals surface area contributed by atoms with Crippen LogP contribution in [-0.4, -0.2) is 40.9 Å². The number of amidine groups is 1. The summed E-state index contributed by atoms with van der Waals surface area (Å²) in [6.07, 6.45) is 5.43. The van der Waals surface area contributed by atoms with E-state index in [4.69, 9.17) is 10.5 Å². The van der Waals surface area contributed by atoms with Crippen LogP contribution in [0.2, 0.25) is 0 Å². The third-order valence-corrected chi connectivity index (χ3v) is 5.80. The van der Waals surface area contributed by atoms with Crippen molar-refractivity contribution >= 4 is 21.7 Å². The van der Waals surface area contributed by atoms with Crippen LogP contribution in [0.25, 0.3) is 5.82 Å². The number of anilines is 1. The maximum Gasteiger partial charge on any atom is 0.344 e. The van der Waals surface area contributed by atoms with Gasteiger partial charge in [-0.2, -0.15) is 8.42 Å². The number of aromatic nitrogens is 3. The minimum Gasteiger partial charge on any atom is -0.491 e. The maximum atomic E-state index is 11.7. The van der Waals surface area contributed by atoms with Gasteiger partial charge in [-0.15, -0.1) is 4.40 Å².